The average Bonchev–Trinajstić information content (AvgIpc) is 2.93. The SMILES string of the molecule is COc1cnn(C(C)C)c1C(N)c1ccc(Cl)s1. The third kappa shape index (κ3) is 2.39. The lowest BCUT2D eigenvalue weighted by atomic mass is 10.1. The van der Waals surface area contributed by atoms with Gasteiger partial charge >= 0.3 is 0 Å². The van der Waals surface area contributed by atoms with Crippen LogP contribution in [0.25, 0.3) is 0 Å². The van der Waals surface area contributed by atoms with E-state index < -0.39 is 0 Å². The van der Waals surface area contributed by atoms with Crippen molar-refractivity contribution < 1.29 is 4.74 Å². The highest BCUT2D eigenvalue weighted by atomic mass is 35.5. The van der Waals surface area contributed by atoms with Crippen molar-refractivity contribution in [3.05, 3.63) is 33.2 Å². The van der Waals surface area contributed by atoms with E-state index in [1.165, 1.54) is 11.3 Å². The summed E-state index contributed by atoms with van der Waals surface area (Å²) in [6.45, 7) is 4.12. The van der Waals surface area contributed by atoms with Crippen LogP contribution in [0.3, 0.4) is 0 Å². The van der Waals surface area contributed by atoms with Crippen LogP contribution in [0.5, 0.6) is 5.75 Å². The number of nitrogens with zero attached hydrogens (tertiary/aromatic N) is 2. The number of rotatable bonds is 4. The van der Waals surface area contributed by atoms with Gasteiger partial charge in [-0.05, 0) is 26.0 Å². The van der Waals surface area contributed by atoms with E-state index in [1.54, 1.807) is 13.3 Å². The fraction of sp³-hybridized carbons (Fsp3) is 0.417. The van der Waals surface area contributed by atoms with E-state index in [1.807, 2.05) is 16.8 Å². The molecule has 1 atom stereocenters. The number of hydrogen-bond donors (Lipinski definition) is 1. The molecule has 2 aromatic rings. The number of hydrogen-bond acceptors (Lipinski definition) is 4. The highest BCUT2D eigenvalue weighted by molar-refractivity contribution is 7.16. The van der Waals surface area contributed by atoms with Gasteiger partial charge < -0.3 is 10.5 Å². The van der Waals surface area contributed by atoms with E-state index in [0.29, 0.717) is 5.75 Å². The van der Waals surface area contributed by atoms with Crippen molar-refractivity contribution in [2.24, 2.45) is 5.73 Å². The van der Waals surface area contributed by atoms with Gasteiger partial charge in [-0.15, -0.1) is 11.3 Å². The molecule has 0 spiro atoms. The summed E-state index contributed by atoms with van der Waals surface area (Å²) in [5.74, 6) is 0.709. The van der Waals surface area contributed by atoms with E-state index in [0.717, 1.165) is 14.9 Å². The second-order valence-corrected chi connectivity index (χ2v) is 6.00. The Labute approximate surface area is 115 Å². The number of thiophene rings is 1. The van der Waals surface area contributed by atoms with E-state index in [9.17, 15) is 0 Å². The van der Waals surface area contributed by atoms with Crippen LogP contribution in [0.15, 0.2) is 18.3 Å². The molecule has 0 saturated carbocycles. The molecule has 4 nitrogen and oxygen atoms in total. The largest absolute Gasteiger partial charge is 0.493 e. The maximum atomic E-state index is 6.30. The van der Waals surface area contributed by atoms with Crippen LogP contribution in [0.4, 0.5) is 0 Å². The van der Waals surface area contributed by atoms with E-state index in [2.05, 4.69) is 18.9 Å². The van der Waals surface area contributed by atoms with Gasteiger partial charge in [0.25, 0.3) is 0 Å². The van der Waals surface area contributed by atoms with Crippen molar-refractivity contribution in [2.75, 3.05) is 7.11 Å². The van der Waals surface area contributed by atoms with E-state index in [4.69, 9.17) is 22.1 Å². The molecule has 2 heterocycles. The first-order valence-corrected chi connectivity index (χ1v) is 6.86. The Morgan fingerprint density at radius 3 is 2.67 bits per heavy atom. The molecular formula is C12H16ClN3OS. The van der Waals surface area contributed by atoms with Gasteiger partial charge in [0.05, 0.1) is 23.7 Å². The molecule has 6 heteroatoms. The van der Waals surface area contributed by atoms with Crippen LogP contribution in [0.2, 0.25) is 4.34 Å². The van der Waals surface area contributed by atoms with Crippen LogP contribution in [-0.4, -0.2) is 16.9 Å². The predicted octanol–water partition coefficient (Wildman–Crippen LogP) is 3.24. The van der Waals surface area contributed by atoms with Gasteiger partial charge in [-0.25, -0.2) is 0 Å². The first-order valence-electron chi connectivity index (χ1n) is 5.66. The second-order valence-electron chi connectivity index (χ2n) is 4.26. The molecule has 0 amide bonds. The van der Waals surface area contributed by atoms with Crippen LogP contribution in [0.1, 0.15) is 36.5 Å². The summed E-state index contributed by atoms with van der Waals surface area (Å²) in [6.07, 6.45) is 1.70. The summed E-state index contributed by atoms with van der Waals surface area (Å²) < 4.78 is 7.95. The minimum absolute atomic E-state index is 0.227. The van der Waals surface area contributed by atoms with Gasteiger partial charge in [0.2, 0.25) is 0 Å². The lowest BCUT2D eigenvalue weighted by Crippen LogP contribution is -2.18. The summed E-state index contributed by atoms with van der Waals surface area (Å²) in [5.41, 5.74) is 7.18. The van der Waals surface area contributed by atoms with Crippen LogP contribution >= 0.6 is 22.9 Å². The topological polar surface area (TPSA) is 53.1 Å². The highest BCUT2D eigenvalue weighted by Gasteiger charge is 2.22. The highest BCUT2D eigenvalue weighted by Crippen LogP contribution is 2.34. The minimum atomic E-state index is -0.276. The Kier molecular flexibility index (Phi) is 3.94. The van der Waals surface area contributed by atoms with Crippen molar-refractivity contribution >= 4 is 22.9 Å². The summed E-state index contributed by atoms with van der Waals surface area (Å²) in [4.78, 5) is 1.00. The van der Waals surface area contributed by atoms with Crippen molar-refractivity contribution in [3.8, 4) is 5.75 Å². The molecule has 0 aliphatic heterocycles. The van der Waals surface area contributed by atoms with Crippen LogP contribution in [-0.2, 0) is 0 Å². The van der Waals surface area contributed by atoms with Crippen molar-refractivity contribution in [1.29, 1.82) is 0 Å². The molecular weight excluding hydrogens is 270 g/mol. The third-order valence-corrected chi connectivity index (χ3v) is 4.02. The molecule has 0 aromatic carbocycles. The maximum absolute atomic E-state index is 6.30. The molecule has 2 N–H and O–H groups in total. The first-order chi connectivity index (χ1) is 8.54. The van der Waals surface area contributed by atoms with Gasteiger partial charge in [-0.2, -0.15) is 5.10 Å². The standard InChI is InChI=1S/C12H16ClN3OS/c1-7(2)16-12(8(17-3)6-15-16)11(14)9-4-5-10(13)18-9/h4-7,11H,14H2,1-3H3. The molecule has 0 saturated heterocycles. The molecule has 0 fully saturated rings. The number of halogens is 1. The normalized spacial score (nSPS) is 13.0. The molecule has 2 aromatic heterocycles. The molecule has 0 aliphatic carbocycles. The Balaban J connectivity index is 2.45. The fourth-order valence-corrected chi connectivity index (χ4v) is 2.92. The Hall–Kier alpha value is -1.04. The Morgan fingerprint density at radius 2 is 2.17 bits per heavy atom. The second kappa shape index (κ2) is 5.30. The van der Waals surface area contributed by atoms with Gasteiger partial charge in [-0.3, -0.25) is 4.68 Å². The average molecular weight is 286 g/mol. The quantitative estimate of drug-likeness (QED) is 0.938. The van der Waals surface area contributed by atoms with Gasteiger partial charge in [0, 0.05) is 10.9 Å². The van der Waals surface area contributed by atoms with Crippen molar-refractivity contribution in [1.82, 2.24) is 9.78 Å². The van der Waals surface area contributed by atoms with Gasteiger partial charge in [0.15, 0.2) is 5.75 Å². The molecule has 0 bridgehead atoms. The summed E-state index contributed by atoms with van der Waals surface area (Å²) in [7, 11) is 1.62. The Bertz CT molecular complexity index is 535. The van der Waals surface area contributed by atoms with Gasteiger partial charge in [0.1, 0.15) is 5.69 Å². The summed E-state index contributed by atoms with van der Waals surface area (Å²) >= 11 is 7.43. The van der Waals surface area contributed by atoms with E-state index in [-0.39, 0.29) is 12.1 Å². The maximum Gasteiger partial charge on any atom is 0.161 e. The molecule has 98 valence electrons. The predicted molar refractivity (Wildman–Crippen MR) is 74.5 cm³/mol. The summed E-state index contributed by atoms with van der Waals surface area (Å²) in [5, 5.41) is 4.32. The number of aromatic nitrogens is 2. The third-order valence-electron chi connectivity index (χ3n) is 2.70. The summed E-state index contributed by atoms with van der Waals surface area (Å²) in [6, 6.07) is 3.74. The fourth-order valence-electron chi connectivity index (χ4n) is 1.85. The Morgan fingerprint density at radius 1 is 1.44 bits per heavy atom. The number of nitrogens with two attached hydrogens (primary N) is 1. The molecule has 0 radical (unpaired) electrons. The van der Waals surface area contributed by atoms with Crippen molar-refractivity contribution in [2.45, 2.75) is 25.9 Å². The van der Waals surface area contributed by atoms with Gasteiger partial charge in [-0.1, -0.05) is 11.6 Å². The first kappa shape index (κ1) is 13.4. The molecule has 2 rings (SSSR count). The van der Waals surface area contributed by atoms with Crippen LogP contribution in [0, 0.1) is 0 Å². The molecule has 1 unspecified atom stereocenters. The smallest absolute Gasteiger partial charge is 0.161 e. The number of methoxy groups -OCH3 is 1. The monoisotopic (exact) mass is 285 g/mol. The van der Waals surface area contributed by atoms with E-state index >= 15 is 0 Å². The van der Waals surface area contributed by atoms with Crippen LogP contribution < -0.4 is 10.5 Å². The zero-order valence-electron chi connectivity index (χ0n) is 10.6. The minimum Gasteiger partial charge on any atom is -0.493 e. The zero-order chi connectivity index (χ0) is 13.3. The lowest BCUT2D eigenvalue weighted by Gasteiger charge is -2.17. The number of ether oxygens (including phenoxy) is 1. The lowest BCUT2D eigenvalue weighted by molar-refractivity contribution is 0.401. The zero-order valence-corrected chi connectivity index (χ0v) is 12.1. The van der Waals surface area contributed by atoms with Crippen molar-refractivity contribution in [3.63, 3.8) is 0 Å². The molecule has 18 heavy (non-hydrogen) atoms. The molecule has 0 aliphatic rings.